The summed E-state index contributed by atoms with van der Waals surface area (Å²) in [5, 5.41) is 5.43. The first-order valence-corrected chi connectivity index (χ1v) is 17.6. The minimum absolute atomic E-state index is 0.0500. The van der Waals surface area contributed by atoms with Gasteiger partial charge in [0.1, 0.15) is 30.5 Å². The standard InChI is InChI=1S/C39H59N3O9/c1-37(2,3)49-31(23-24-40-34(44)50-38(4,5)6)26-42(36(46)51-39(7,8)9)25-17-16-22-32(33(43)47-27-29-18-12-10-13-19-29)41-35(45)48-28-30-20-14-11-15-21-30/h10-15,18-21,31-32H,16-17,22-28H2,1-9H3,(H,40,44)(H,41,45)/t31-,32+/m1/s1. The van der Waals surface area contributed by atoms with E-state index in [1.54, 1.807) is 46.4 Å². The summed E-state index contributed by atoms with van der Waals surface area (Å²) in [6, 6.07) is 17.5. The smallest absolute Gasteiger partial charge is 0.410 e. The number of esters is 1. The molecule has 0 unspecified atom stereocenters. The van der Waals surface area contributed by atoms with Gasteiger partial charge in [-0.25, -0.2) is 19.2 Å². The Morgan fingerprint density at radius 2 is 1.22 bits per heavy atom. The lowest BCUT2D eigenvalue weighted by Gasteiger charge is -2.33. The van der Waals surface area contributed by atoms with E-state index in [2.05, 4.69) is 10.6 Å². The summed E-state index contributed by atoms with van der Waals surface area (Å²) in [6.07, 6.45) is -0.595. The van der Waals surface area contributed by atoms with Crippen LogP contribution >= 0.6 is 0 Å². The van der Waals surface area contributed by atoms with Gasteiger partial charge >= 0.3 is 24.2 Å². The van der Waals surface area contributed by atoms with Gasteiger partial charge in [-0.3, -0.25) is 0 Å². The highest BCUT2D eigenvalue weighted by atomic mass is 16.6. The van der Waals surface area contributed by atoms with Crippen molar-refractivity contribution < 1.29 is 42.9 Å². The lowest BCUT2D eigenvalue weighted by Crippen LogP contribution is -2.45. The average Bonchev–Trinajstić information content (AvgIpc) is 3.02. The van der Waals surface area contributed by atoms with Crippen LogP contribution in [0.25, 0.3) is 0 Å². The summed E-state index contributed by atoms with van der Waals surface area (Å²) in [6.45, 7) is 17.4. The van der Waals surface area contributed by atoms with Gasteiger partial charge in [0.2, 0.25) is 0 Å². The Morgan fingerprint density at radius 3 is 1.75 bits per heavy atom. The molecule has 0 aliphatic heterocycles. The predicted molar refractivity (Wildman–Crippen MR) is 195 cm³/mol. The number of rotatable bonds is 17. The molecule has 0 radical (unpaired) electrons. The third-order valence-corrected chi connectivity index (χ3v) is 6.91. The largest absolute Gasteiger partial charge is 0.459 e. The summed E-state index contributed by atoms with van der Waals surface area (Å²) in [7, 11) is 0. The molecule has 0 saturated heterocycles. The fourth-order valence-corrected chi connectivity index (χ4v) is 4.80. The molecule has 0 saturated carbocycles. The third-order valence-electron chi connectivity index (χ3n) is 6.91. The quantitative estimate of drug-likeness (QED) is 0.0967. The first-order valence-electron chi connectivity index (χ1n) is 17.6. The molecule has 3 amide bonds. The van der Waals surface area contributed by atoms with E-state index < -0.39 is 53.2 Å². The van der Waals surface area contributed by atoms with Crippen LogP contribution in [0.2, 0.25) is 0 Å². The predicted octanol–water partition coefficient (Wildman–Crippen LogP) is 7.53. The minimum atomic E-state index is -0.970. The monoisotopic (exact) mass is 713 g/mol. The Labute approximate surface area is 303 Å². The zero-order chi connectivity index (χ0) is 38.1. The number of ether oxygens (including phenoxy) is 5. The van der Waals surface area contributed by atoms with Gasteiger partial charge < -0.3 is 39.2 Å². The Kier molecular flexibility index (Phi) is 17.2. The molecule has 2 rings (SSSR count). The van der Waals surface area contributed by atoms with E-state index in [4.69, 9.17) is 23.7 Å². The van der Waals surface area contributed by atoms with Gasteiger partial charge in [-0.05, 0) is 99.1 Å². The van der Waals surface area contributed by atoms with Gasteiger partial charge in [0.05, 0.1) is 18.2 Å². The normalized spacial score (nSPS) is 13.0. The number of carbonyl (C=O) groups excluding carboxylic acids is 4. The van der Waals surface area contributed by atoms with Crippen LogP contribution in [0.3, 0.4) is 0 Å². The van der Waals surface area contributed by atoms with E-state index in [1.165, 1.54) is 0 Å². The van der Waals surface area contributed by atoms with Crippen molar-refractivity contribution in [3.8, 4) is 0 Å². The Hall–Kier alpha value is -4.32. The van der Waals surface area contributed by atoms with Crippen molar-refractivity contribution in [2.45, 2.75) is 130 Å². The second-order valence-electron chi connectivity index (χ2n) is 15.3. The van der Waals surface area contributed by atoms with Crippen LogP contribution in [-0.2, 0) is 41.7 Å². The van der Waals surface area contributed by atoms with E-state index in [1.807, 2.05) is 81.4 Å². The SMILES string of the molecule is CC(C)(C)OC(=O)NCC[C@H](CN(CCCC[C@H](NC(=O)OCc1ccccc1)C(=O)OCc1ccccc1)C(=O)OC(C)(C)C)OC(C)(C)C. The van der Waals surface area contributed by atoms with E-state index >= 15 is 0 Å². The summed E-state index contributed by atoms with van der Waals surface area (Å²) >= 11 is 0. The summed E-state index contributed by atoms with van der Waals surface area (Å²) < 4.78 is 28.3. The first-order chi connectivity index (χ1) is 23.8. The highest BCUT2D eigenvalue weighted by Crippen LogP contribution is 2.18. The van der Waals surface area contributed by atoms with Crippen LogP contribution in [0.15, 0.2) is 60.7 Å². The van der Waals surface area contributed by atoms with Crippen molar-refractivity contribution in [3.05, 3.63) is 71.8 Å². The van der Waals surface area contributed by atoms with Crippen molar-refractivity contribution in [2.75, 3.05) is 19.6 Å². The number of nitrogens with one attached hydrogen (secondary N) is 2. The van der Waals surface area contributed by atoms with Crippen LogP contribution in [0.4, 0.5) is 14.4 Å². The van der Waals surface area contributed by atoms with Crippen LogP contribution in [-0.4, -0.2) is 77.7 Å². The summed E-state index contributed by atoms with van der Waals surface area (Å²) in [5.41, 5.74) is -0.255. The van der Waals surface area contributed by atoms with Crippen LogP contribution < -0.4 is 10.6 Å². The van der Waals surface area contributed by atoms with Gasteiger partial charge in [0, 0.05) is 13.1 Å². The molecule has 0 fully saturated rings. The van der Waals surface area contributed by atoms with Crippen LogP contribution in [0.1, 0.15) is 99.1 Å². The first kappa shape index (κ1) is 42.8. The molecule has 284 valence electrons. The van der Waals surface area contributed by atoms with Crippen molar-refractivity contribution in [2.24, 2.45) is 0 Å². The highest BCUT2D eigenvalue weighted by Gasteiger charge is 2.28. The van der Waals surface area contributed by atoms with Gasteiger partial charge in [-0.2, -0.15) is 0 Å². The molecule has 0 bridgehead atoms. The fraction of sp³-hybridized carbons (Fsp3) is 0.590. The molecular weight excluding hydrogens is 654 g/mol. The molecule has 0 aliphatic carbocycles. The topological polar surface area (TPSA) is 142 Å². The number of hydrogen-bond donors (Lipinski definition) is 2. The van der Waals surface area contributed by atoms with Crippen molar-refractivity contribution in [3.63, 3.8) is 0 Å². The molecule has 2 aromatic carbocycles. The average molecular weight is 714 g/mol. The zero-order valence-electron chi connectivity index (χ0n) is 31.9. The Balaban J connectivity index is 2.10. The molecule has 12 heteroatoms. The molecule has 0 aliphatic rings. The highest BCUT2D eigenvalue weighted by molar-refractivity contribution is 5.81. The number of benzene rings is 2. The molecule has 0 aromatic heterocycles. The molecule has 2 atom stereocenters. The van der Waals surface area contributed by atoms with E-state index in [-0.39, 0.29) is 32.7 Å². The Morgan fingerprint density at radius 1 is 0.667 bits per heavy atom. The fourth-order valence-electron chi connectivity index (χ4n) is 4.80. The van der Waals surface area contributed by atoms with Crippen molar-refractivity contribution >= 4 is 24.2 Å². The van der Waals surface area contributed by atoms with E-state index in [0.29, 0.717) is 25.8 Å². The molecule has 2 aromatic rings. The van der Waals surface area contributed by atoms with E-state index in [0.717, 1.165) is 11.1 Å². The molecule has 51 heavy (non-hydrogen) atoms. The maximum atomic E-state index is 13.4. The summed E-state index contributed by atoms with van der Waals surface area (Å²) in [4.78, 5) is 53.2. The summed E-state index contributed by atoms with van der Waals surface area (Å²) in [5.74, 6) is -0.587. The van der Waals surface area contributed by atoms with Gasteiger partial charge in [0.15, 0.2) is 0 Å². The number of nitrogens with zero attached hydrogens (tertiary/aromatic N) is 1. The van der Waals surface area contributed by atoms with Crippen molar-refractivity contribution in [1.82, 2.24) is 15.5 Å². The number of unbranched alkanes of at least 4 members (excludes halogenated alkanes) is 1. The number of carbonyl (C=O) groups is 4. The van der Waals surface area contributed by atoms with Crippen LogP contribution in [0, 0.1) is 0 Å². The molecule has 0 spiro atoms. The Bertz CT molecular complexity index is 1350. The number of alkyl carbamates (subject to hydrolysis) is 2. The maximum absolute atomic E-state index is 13.4. The van der Waals surface area contributed by atoms with Crippen molar-refractivity contribution in [1.29, 1.82) is 0 Å². The van der Waals surface area contributed by atoms with E-state index in [9.17, 15) is 19.2 Å². The maximum Gasteiger partial charge on any atom is 0.410 e. The third kappa shape index (κ3) is 20.2. The van der Waals surface area contributed by atoms with Gasteiger partial charge in [-0.1, -0.05) is 60.7 Å². The number of amides is 3. The minimum Gasteiger partial charge on any atom is -0.459 e. The lowest BCUT2D eigenvalue weighted by atomic mass is 10.1. The lowest BCUT2D eigenvalue weighted by molar-refractivity contribution is -0.147. The second kappa shape index (κ2) is 20.5. The molecule has 0 heterocycles. The zero-order valence-corrected chi connectivity index (χ0v) is 31.9. The van der Waals surface area contributed by atoms with Gasteiger partial charge in [-0.15, -0.1) is 0 Å². The number of hydrogen-bond acceptors (Lipinski definition) is 9. The van der Waals surface area contributed by atoms with Crippen LogP contribution in [0.5, 0.6) is 0 Å². The molecule has 2 N–H and O–H groups in total. The second-order valence-corrected chi connectivity index (χ2v) is 15.3. The molecular formula is C39H59N3O9. The van der Waals surface area contributed by atoms with Gasteiger partial charge in [0.25, 0.3) is 0 Å². The molecule has 12 nitrogen and oxygen atoms in total.